The van der Waals surface area contributed by atoms with Crippen LogP contribution in [0.5, 0.6) is 0 Å². The van der Waals surface area contributed by atoms with E-state index in [-0.39, 0.29) is 5.91 Å². The summed E-state index contributed by atoms with van der Waals surface area (Å²) < 4.78 is 0. The van der Waals surface area contributed by atoms with Gasteiger partial charge in [0.25, 0.3) is 0 Å². The Hall–Kier alpha value is -0.940. The SMILES string of the molecule is O=C(CCC1CCCCC1)Nc1nc2c(s1)CNCC2. The first-order chi connectivity index (χ1) is 9.81. The lowest BCUT2D eigenvalue weighted by molar-refractivity contribution is -0.116. The van der Waals surface area contributed by atoms with Crippen LogP contribution in [-0.4, -0.2) is 17.4 Å². The number of nitrogens with zero attached hydrogens (tertiary/aromatic N) is 1. The predicted molar refractivity (Wildman–Crippen MR) is 82.0 cm³/mol. The Morgan fingerprint density at radius 2 is 2.20 bits per heavy atom. The average molecular weight is 293 g/mol. The molecule has 0 atom stereocenters. The fourth-order valence-electron chi connectivity index (χ4n) is 3.17. The molecule has 0 saturated heterocycles. The van der Waals surface area contributed by atoms with Gasteiger partial charge in [-0.3, -0.25) is 4.79 Å². The summed E-state index contributed by atoms with van der Waals surface area (Å²) in [6, 6.07) is 0. The second-order valence-electron chi connectivity index (χ2n) is 5.91. The van der Waals surface area contributed by atoms with Crippen LogP contribution in [0, 0.1) is 5.92 Å². The van der Waals surface area contributed by atoms with E-state index in [1.165, 1.54) is 37.0 Å². The van der Waals surface area contributed by atoms with Gasteiger partial charge in [0.15, 0.2) is 5.13 Å². The van der Waals surface area contributed by atoms with E-state index in [9.17, 15) is 4.79 Å². The smallest absolute Gasteiger partial charge is 0.226 e. The number of carbonyl (C=O) groups is 1. The Balaban J connectivity index is 1.47. The molecular formula is C15H23N3OS. The lowest BCUT2D eigenvalue weighted by Crippen LogP contribution is -2.22. The van der Waals surface area contributed by atoms with Crippen molar-refractivity contribution in [3.8, 4) is 0 Å². The summed E-state index contributed by atoms with van der Waals surface area (Å²) in [6.07, 6.45) is 9.35. The van der Waals surface area contributed by atoms with Crippen LogP contribution in [0.1, 0.15) is 55.5 Å². The first-order valence-corrected chi connectivity index (χ1v) is 8.62. The molecule has 1 saturated carbocycles. The highest BCUT2D eigenvalue weighted by atomic mass is 32.1. The summed E-state index contributed by atoms with van der Waals surface area (Å²) in [5.41, 5.74) is 1.16. The van der Waals surface area contributed by atoms with Crippen molar-refractivity contribution in [3.63, 3.8) is 0 Å². The van der Waals surface area contributed by atoms with E-state index in [1.807, 2.05) is 0 Å². The van der Waals surface area contributed by atoms with Crippen molar-refractivity contribution in [2.75, 3.05) is 11.9 Å². The van der Waals surface area contributed by atoms with Crippen LogP contribution < -0.4 is 10.6 Å². The molecule has 1 fully saturated rings. The van der Waals surface area contributed by atoms with E-state index in [0.29, 0.717) is 6.42 Å². The fourth-order valence-corrected chi connectivity index (χ4v) is 4.17. The van der Waals surface area contributed by atoms with Crippen LogP contribution >= 0.6 is 11.3 Å². The van der Waals surface area contributed by atoms with E-state index in [2.05, 4.69) is 15.6 Å². The van der Waals surface area contributed by atoms with Crippen LogP contribution in [-0.2, 0) is 17.8 Å². The van der Waals surface area contributed by atoms with Crippen molar-refractivity contribution in [1.82, 2.24) is 10.3 Å². The second-order valence-corrected chi connectivity index (χ2v) is 6.99. The Labute approximate surface area is 124 Å². The third kappa shape index (κ3) is 3.58. The number of anilines is 1. The molecule has 5 heteroatoms. The molecule has 1 amide bonds. The number of hydrogen-bond acceptors (Lipinski definition) is 4. The molecule has 2 N–H and O–H groups in total. The van der Waals surface area contributed by atoms with Crippen LogP contribution in [0.25, 0.3) is 0 Å². The van der Waals surface area contributed by atoms with E-state index in [4.69, 9.17) is 0 Å². The highest BCUT2D eigenvalue weighted by Gasteiger charge is 2.17. The number of aromatic nitrogens is 1. The zero-order chi connectivity index (χ0) is 13.8. The van der Waals surface area contributed by atoms with E-state index in [0.717, 1.165) is 42.7 Å². The summed E-state index contributed by atoms with van der Waals surface area (Å²) in [5, 5.41) is 7.10. The lowest BCUT2D eigenvalue weighted by Gasteiger charge is -2.20. The number of fused-ring (bicyclic) bond motifs is 1. The molecule has 1 aliphatic carbocycles. The minimum Gasteiger partial charge on any atom is -0.311 e. The van der Waals surface area contributed by atoms with Crippen molar-refractivity contribution in [2.45, 2.75) is 57.9 Å². The number of rotatable bonds is 4. The molecule has 1 aromatic rings. The monoisotopic (exact) mass is 293 g/mol. The molecule has 2 aliphatic rings. The van der Waals surface area contributed by atoms with Gasteiger partial charge in [-0.25, -0.2) is 4.98 Å². The van der Waals surface area contributed by atoms with Crippen LogP contribution in [0.2, 0.25) is 0 Å². The lowest BCUT2D eigenvalue weighted by atomic mass is 9.86. The molecule has 3 rings (SSSR count). The quantitative estimate of drug-likeness (QED) is 0.897. The van der Waals surface area contributed by atoms with E-state index >= 15 is 0 Å². The highest BCUT2D eigenvalue weighted by molar-refractivity contribution is 7.15. The molecule has 1 aliphatic heterocycles. The molecular weight excluding hydrogens is 270 g/mol. The number of thiazole rings is 1. The topological polar surface area (TPSA) is 54.0 Å². The van der Waals surface area contributed by atoms with Gasteiger partial charge in [-0.15, -0.1) is 11.3 Å². The Kier molecular flexibility index (Phi) is 4.68. The summed E-state index contributed by atoms with van der Waals surface area (Å²) in [7, 11) is 0. The van der Waals surface area contributed by atoms with Crippen LogP contribution in [0.4, 0.5) is 5.13 Å². The number of amides is 1. The average Bonchev–Trinajstić information content (AvgIpc) is 2.88. The highest BCUT2D eigenvalue weighted by Crippen LogP contribution is 2.28. The Bertz CT molecular complexity index is 442. The standard InChI is InChI=1S/C15H23N3OS/c19-14(7-6-11-4-2-1-3-5-11)18-15-17-12-8-9-16-10-13(12)20-15/h11,16H,1-10H2,(H,17,18,19). The van der Waals surface area contributed by atoms with Crippen LogP contribution in [0.15, 0.2) is 0 Å². The third-order valence-electron chi connectivity index (χ3n) is 4.35. The summed E-state index contributed by atoms with van der Waals surface area (Å²) in [6.45, 7) is 1.89. The van der Waals surface area contributed by atoms with Crippen molar-refractivity contribution < 1.29 is 4.79 Å². The number of carbonyl (C=O) groups excluding carboxylic acids is 1. The molecule has 0 bridgehead atoms. The molecule has 1 aromatic heterocycles. The Morgan fingerprint density at radius 1 is 1.35 bits per heavy atom. The van der Waals surface area contributed by atoms with Gasteiger partial charge in [-0.2, -0.15) is 0 Å². The van der Waals surface area contributed by atoms with Gasteiger partial charge in [0.1, 0.15) is 0 Å². The van der Waals surface area contributed by atoms with Gasteiger partial charge in [0.05, 0.1) is 5.69 Å². The fraction of sp³-hybridized carbons (Fsp3) is 0.733. The second kappa shape index (κ2) is 6.68. The van der Waals surface area contributed by atoms with Gasteiger partial charge < -0.3 is 10.6 Å². The van der Waals surface area contributed by atoms with Gasteiger partial charge >= 0.3 is 0 Å². The Morgan fingerprint density at radius 3 is 3.00 bits per heavy atom. The van der Waals surface area contributed by atoms with Gasteiger partial charge in [0, 0.05) is 30.8 Å². The zero-order valence-corrected chi connectivity index (χ0v) is 12.7. The predicted octanol–water partition coefficient (Wildman–Crippen LogP) is 3.09. The molecule has 20 heavy (non-hydrogen) atoms. The maximum absolute atomic E-state index is 12.0. The minimum atomic E-state index is 0.134. The molecule has 0 aromatic carbocycles. The largest absolute Gasteiger partial charge is 0.311 e. The summed E-state index contributed by atoms with van der Waals surface area (Å²) in [5.74, 6) is 0.901. The van der Waals surface area contributed by atoms with Gasteiger partial charge in [0.2, 0.25) is 5.91 Å². The summed E-state index contributed by atoms with van der Waals surface area (Å²) >= 11 is 1.62. The molecule has 0 unspecified atom stereocenters. The van der Waals surface area contributed by atoms with Gasteiger partial charge in [-0.05, 0) is 12.3 Å². The van der Waals surface area contributed by atoms with E-state index < -0.39 is 0 Å². The molecule has 0 spiro atoms. The molecule has 2 heterocycles. The van der Waals surface area contributed by atoms with Crippen LogP contribution in [0.3, 0.4) is 0 Å². The minimum absolute atomic E-state index is 0.134. The maximum Gasteiger partial charge on any atom is 0.226 e. The first kappa shape index (κ1) is 14.0. The van der Waals surface area contributed by atoms with Crippen molar-refractivity contribution in [2.24, 2.45) is 5.92 Å². The first-order valence-electron chi connectivity index (χ1n) is 7.80. The van der Waals surface area contributed by atoms with Gasteiger partial charge in [-0.1, -0.05) is 32.1 Å². The zero-order valence-electron chi connectivity index (χ0n) is 11.9. The molecule has 110 valence electrons. The number of hydrogen-bond donors (Lipinski definition) is 2. The normalized spacial score (nSPS) is 19.6. The van der Waals surface area contributed by atoms with Crippen molar-refractivity contribution >= 4 is 22.4 Å². The summed E-state index contributed by atoms with van der Waals surface area (Å²) in [4.78, 5) is 17.8. The van der Waals surface area contributed by atoms with E-state index in [1.54, 1.807) is 11.3 Å². The number of nitrogens with one attached hydrogen (secondary N) is 2. The molecule has 0 radical (unpaired) electrons. The third-order valence-corrected chi connectivity index (χ3v) is 5.37. The molecule has 4 nitrogen and oxygen atoms in total. The van der Waals surface area contributed by atoms with Crippen molar-refractivity contribution in [1.29, 1.82) is 0 Å². The van der Waals surface area contributed by atoms with Crippen molar-refractivity contribution in [3.05, 3.63) is 10.6 Å². The maximum atomic E-state index is 12.0.